The van der Waals surface area contributed by atoms with Gasteiger partial charge < -0.3 is 9.64 Å². The van der Waals surface area contributed by atoms with Crippen LogP contribution in [0.4, 0.5) is 4.39 Å². The summed E-state index contributed by atoms with van der Waals surface area (Å²) >= 11 is 0. The van der Waals surface area contributed by atoms with E-state index in [1.165, 1.54) is 6.07 Å². The molecule has 2 rings (SSSR count). The molecule has 1 aliphatic heterocycles. The Labute approximate surface area is 125 Å². The summed E-state index contributed by atoms with van der Waals surface area (Å²) in [4.78, 5) is 14.3. The standard InChI is InChI=1S/C16H23FN2O2/c1-4-7-14-16(20)19(11(2)10-21-3)15(18-14)12-8-5-6-9-13(12)17/h5-6,8-9,11,14-15,18H,4,7,10H2,1-3H3. The topological polar surface area (TPSA) is 41.6 Å². The Balaban J connectivity index is 2.32. The first-order valence-electron chi connectivity index (χ1n) is 7.41. The molecule has 0 radical (unpaired) electrons. The summed E-state index contributed by atoms with van der Waals surface area (Å²) in [6.07, 6.45) is 1.22. The number of nitrogens with one attached hydrogen (secondary N) is 1. The van der Waals surface area contributed by atoms with Crippen molar-refractivity contribution in [2.45, 2.75) is 44.9 Å². The van der Waals surface area contributed by atoms with Crippen LogP contribution >= 0.6 is 0 Å². The minimum atomic E-state index is -0.430. The first-order valence-corrected chi connectivity index (χ1v) is 7.41. The molecule has 1 fully saturated rings. The van der Waals surface area contributed by atoms with Gasteiger partial charge in [0, 0.05) is 12.7 Å². The molecule has 5 heteroatoms. The molecule has 1 aromatic rings. The van der Waals surface area contributed by atoms with Crippen molar-refractivity contribution in [1.82, 2.24) is 10.2 Å². The second kappa shape index (κ2) is 7.00. The number of carbonyl (C=O) groups excluding carboxylic acids is 1. The molecule has 0 bridgehead atoms. The molecular formula is C16H23FN2O2. The van der Waals surface area contributed by atoms with Crippen molar-refractivity contribution in [3.05, 3.63) is 35.6 Å². The summed E-state index contributed by atoms with van der Waals surface area (Å²) in [7, 11) is 1.60. The van der Waals surface area contributed by atoms with Gasteiger partial charge in [-0.25, -0.2) is 4.39 Å². The summed E-state index contributed by atoms with van der Waals surface area (Å²) in [5.41, 5.74) is 0.507. The van der Waals surface area contributed by atoms with Crippen molar-refractivity contribution in [3.8, 4) is 0 Å². The molecule has 3 atom stereocenters. The lowest BCUT2D eigenvalue weighted by atomic mass is 10.1. The van der Waals surface area contributed by atoms with Gasteiger partial charge in [-0.2, -0.15) is 0 Å². The Morgan fingerprint density at radius 1 is 1.43 bits per heavy atom. The Morgan fingerprint density at radius 2 is 2.14 bits per heavy atom. The largest absolute Gasteiger partial charge is 0.383 e. The number of hydrogen-bond acceptors (Lipinski definition) is 3. The van der Waals surface area contributed by atoms with E-state index in [2.05, 4.69) is 5.32 Å². The number of ether oxygens (including phenoxy) is 1. The lowest BCUT2D eigenvalue weighted by molar-refractivity contribution is -0.133. The highest BCUT2D eigenvalue weighted by atomic mass is 19.1. The van der Waals surface area contributed by atoms with Gasteiger partial charge in [-0.15, -0.1) is 0 Å². The van der Waals surface area contributed by atoms with Crippen LogP contribution in [0.3, 0.4) is 0 Å². The average molecular weight is 294 g/mol. The summed E-state index contributed by atoms with van der Waals surface area (Å²) < 4.78 is 19.3. The average Bonchev–Trinajstić information content (AvgIpc) is 2.77. The van der Waals surface area contributed by atoms with E-state index in [1.807, 2.05) is 13.8 Å². The zero-order valence-electron chi connectivity index (χ0n) is 12.8. The van der Waals surface area contributed by atoms with Gasteiger partial charge in [0.2, 0.25) is 5.91 Å². The van der Waals surface area contributed by atoms with Crippen molar-refractivity contribution < 1.29 is 13.9 Å². The molecule has 1 aromatic carbocycles. The van der Waals surface area contributed by atoms with E-state index in [0.29, 0.717) is 12.2 Å². The fraction of sp³-hybridized carbons (Fsp3) is 0.562. The van der Waals surface area contributed by atoms with E-state index >= 15 is 0 Å². The monoisotopic (exact) mass is 294 g/mol. The molecule has 1 saturated heterocycles. The number of rotatable bonds is 6. The van der Waals surface area contributed by atoms with Crippen LogP contribution in [0.5, 0.6) is 0 Å². The van der Waals surface area contributed by atoms with Gasteiger partial charge in [0.05, 0.1) is 18.7 Å². The molecule has 0 saturated carbocycles. The van der Waals surface area contributed by atoms with Crippen LogP contribution < -0.4 is 5.32 Å². The number of methoxy groups -OCH3 is 1. The SMILES string of the molecule is CCCC1NC(c2ccccc2F)N(C(C)COC)C1=O. The highest BCUT2D eigenvalue weighted by Crippen LogP contribution is 2.30. The highest BCUT2D eigenvalue weighted by molar-refractivity contribution is 5.84. The number of nitrogens with zero attached hydrogens (tertiary/aromatic N) is 1. The van der Waals surface area contributed by atoms with E-state index in [4.69, 9.17) is 4.74 Å². The van der Waals surface area contributed by atoms with Crippen molar-refractivity contribution in [1.29, 1.82) is 0 Å². The van der Waals surface area contributed by atoms with Gasteiger partial charge in [0.1, 0.15) is 12.0 Å². The van der Waals surface area contributed by atoms with Crippen LogP contribution in [0.15, 0.2) is 24.3 Å². The molecule has 0 aromatic heterocycles. The fourth-order valence-electron chi connectivity index (χ4n) is 2.87. The molecule has 1 N–H and O–H groups in total. The van der Waals surface area contributed by atoms with E-state index in [9.17, 15) is 9.18 Å². The highest BCUT2D eigenvalue weighted by Gasteiger charge is 2.42. The Hall–Kier alpha value is -1.46. The first-order chi connectivity index (χ1) is 10.1. The van der Waals surface area contributed by atoms with E-state index < -0.39 is 6.17 Å². The second-order valence-electron chi connectivity index (χ2n) is 5.48. The van der Waals surface area contributed by atoms with Gasteiger partial charge in [-0.05, 0) is 19.4 Å². The Kier molecular flexibility index (Phi) is 5.31. The van der Waals surface area contributed by atoms with Gasteiger partial charge in [-0.3, -0.25) is 10.1 Å². The molecular weight excluding hydrogens is 271 g/mol. The van der Waals surface area contributed by atoms with Crippen LogP contribution in [0.1, 0.15) is 38.4 Å². The molecule has 116 valence electrons. The maximum Gasteiger partial charge on any atom is 0.241 e. The van der Waals surface area contributed by atoms with Crippen LogP contribution in [0.2, 0.25) is 0 Å². The van der Waals surface area contributed by atoms with Crippen molar-refractivity contribution in [2.75, 3.05) is 13.7 Å². The normalized spacial score (nSPS) is 23.6. The summed E-state index contributed by atoms with van der Waals surface area (Å²) in [6.45, 7) is 4.39. The maximum atomic E-state index is 14.1. The van der Waals surface area contributed by atoms with Gasteiger partial charge in [0.15, 0.2) is 0 Å². The zero-order valence-corrected chi connectivity index (χ0v) is 12.8. The van der Waals surface area contributed by atoms with Crippen molar-refractivity contribution in [2.24, 2.45) is 0 Å². The number of amides is 1. The lowest BCUT2D eigenvalue weighted by Gasteiger charge is -2.30. The van der Waals surface area contributed by atoms with Crippen molar-refractivity contribution >= 4 is 5.91 Å². The van der Waals surface area contributed by atoms with Crippen LogP contribution in [-0.4, -0.2) is 36.6 Å². The maximum absolute atomic E-state index is 14.1. The molecule has 1 amide bonds. The Bertz CT molecular complexity index is 495. The molecule has 0 aliphatic carbocycles. The molecule has 0 spiro atoms. The van der Waals surface area contributed by atoms with Gasteiger partial charge in [-0.1, -0.05) is 31.5 Å². The molecule has 4 nitrogen and oxygen atoms in total. The third-order valence-electron chi connectivity index (χ3n) is 3.85. The Morgan fingerprint density at radius 3 is 2.76 bits per heavy atom. The zero-order chi connectivity index (χ0) is 15.4. The summed E-state index contributed by atoms with van der Waals surface area (Å²) in [5.74, 6) is -0.274. The number of benzene rings is 1. The lowest BCUT2D eigenvalue weighted by Crippen LogP contribution is -2.41. The fourth-order valence-corrected chi connectivity index (χ4v) is 2.87. The minimum absolute atomic E-state index is 0.0228. The smallest absolute Gasteiger partial charge is 0.241 e. The first kappa shape index (κ1) is 15.9. The second-order valence-corrected chi connectivity index (χ2v) is 5.48. The minimum Gasteiger partial charge on any atom is -0.383 e. The number of hydrogen-bond donors (Lipinski definition) is 1. The third-order valence-corrected chi connectivity index (χ3v) is 3.85. The quantitative estimate of drug-likeness (QED) is 0.876. The molecule has 21 heavy (non-hydrogen) atoms. The molecule has 1 aliphatic rings. The summed E-state index contributed by atoms with van der Waals surface area (Å²) in [6, 6.07) is 6.23. The van der Waals surface area contributed by atoms with Crippen LogP contribution in [0, 0.1) is 5.82 Å². The van der Waals surface area contributed by atoms with Crippen molar-refractivity contribution in [3.63, 3.8) is 0 Å². The van der Waals surface area contributed by atoms with E-state index in [0.717, 1.165) is 12.8 Å². The third kappa shape index (κ3) is 3.24. The van der Waals surface area contributed by atoms with E-state index in [1.54, 1.807) is 30.2 Å². The molecule has 3 unspecified atom stereocenters. The summed E-state index contributed by atoms with van der Waals surface area (Å²) in [5, 5.41) is 3.27. The van der Waals surface area contributed by atoms with Crippen LogP contribution in [-0.2, 0) is 9.53 Å². The predicted octanol–water partition coefficient (Wildman–Crippen LogP) is 2.46. The predicted molar refractivity (Wildman–Crippen MR) is 79.2 cm³/mol. The van der Waals surface area contributed by atoms with E-state index in [-0.39, 0.29) is 23.8 Å². The number of halogens is 1. The van der Waals surface area contributed by atoms with Gasteiger partial charge >= 0.3 is 0 Å². The van der Waals surface area contributed by atoms with Crippen LogP contribution in [0.25, 0.3) is 0 Å². The number of carbonyl (C=O) groups is 1. The molecule has 1 heterocycles. The van der Waals surface area contributed by atoms with Gasteiger partial charge in [0.25, 0.3) is 0 Å².